The highest BCUT2D eigenvalue weighted by molar-refractivity contribution is 7.18. The molecule has 1 aliphatic carbocycles. The number of nitrogens with zero attached hydrogens (tertiary/aromatic N) is 1. The van der Waals surface area contributed by atoms with Crippen LogP contribution in [0.3, 0.4) is 0 Å². The van der Waals surface area contributed by atoms with Gasteiger partial charge in [0.25, 0.3) is 5.91 Å². The van der Waals surface area contributed by atoms with Crippen molar-refractivity contribution in [2.45, 2.75) is 38.6 Å². The number of aromatic nitrogens is 1. The lowest BCUT2D eigenvalue weighted by Crippen LogP contribution is -2.36. The molecule has 3 aromatic rings. The average Bonchev–Trinajstić information content (AvgIpc) is 3.38. The van der Waals surface area contributed by atoms with Gasteiger partial charge >= 0.3 is 5.97 Å². The van der Waals surface area contributed by atoms with Crippen molar-refractivity contribution in [3.63, 3.8) is 0 Å². The van der Waals surface area contributed by atoms with Gasteiger partial charge in [0.1, 0.15) is 5.82 Å². The quantitative estimate of drug-likeness (QED) is 0.569. The lowest BCUT2D eigenvalue weighted by atomic mass is 9.83. The van der Waals surface area contributed by atoms with Crippen molar-refractivity contribution in [1.29, 1.82) is 0 Å². The molecule has 1 fully saturated rings. The molecular formula is C23H23FN2O3S. The molecule has 30 heavy (non-hydrogen) atoms. The zero-order valence-corrected chi connectivity index (χ0v) is 17.3. The minimum absolute atomic E-state index is 0.0555. The van der Waals surface area contributed by atoms with Crippen LogP contribution in [0.25, 0.3) is 10.2 Å². The first-order valence-electron chi connectivity index (χ1n) is 10.1. The number of hydrogen-bond acceptors (Lipinski definition) is 5. The van der Waals surface area contributed by atoms with Crippen LogP contribution in [-0.4, -0.2) is 23.5 Å². The molecule has 0 atom stereocenters. The number of fused-ring (bicyclic) bond motifs is 1. The third-order valence-electron chi connectivity index (χ3n) is 5.59. The zero-order chi connectivity index (χ0) is 21.0. The largest absolute Gasteiger partial charge is 0.455 e. The van der Waals surface area contributed by atoms with E-state index in [9.17, 15) is 14.0 Å². The Hall–Kier alpha value is -2.80. The van der Waals surface area contributed by atoms with Gasteiger partial charge in [0, 0.05) is 18.5 Å². The van der Waals surface area contributed by atoms with Gasteiger partial charge in [0.15, 0.2) is 6.61 Å². The van der Waals surface area contributed by atoms with Gasteiger partial charge < -0.3 is 10.1 Å². The number of carbonyl (C=O) groups is 2. The fourth-order valence-electron chi connectivity index (χ4n) is 3.96. The third-order valence-corrected chi connectivity index (χ3v) is 6.63. The summed E-state index contributed by atoms with van der Waals surface area (Å²) in [5, 5.41) is 3.52. The van der Waals surface area contributed by atoms with Crippen LogP contribution in [0, 0.1) is 11.2 Å². The highest BCUT2D eigenvalue weighted by Crippen LogP contribution is 2.43. The maximum absolute atomic E-state index is 13.7. The van der Waals surface area contributed by atoms with Crippen molar-refractivity contribution >= 4 is 33.4 Å². The Balaban J connectivity index is 1.36. The van der Waals surface area contributed by atoms with E-state index in [1.54, 1.807) is 29.5 Å². The molecule has 0 saturated heterocycles. The highest BCUT2D eigenvalue weighted by atomic mass is 32.1. The number of ether oxygens (including phenoxy) is 1. The van der Waals surface area contributed by atoms with Crippen LogP contribution in [0.5, 0.6) is 0 Å². The summed E-state index contributed by atoms with van der Waals surface area (Å²) in [7, 11) is 0. The van der Waals surface area contributed by atoms with Gasteiger partial charge in [-0.15, -0.1) is 11.3 Å². The number of esters is 1. The molecule has 0 aliphatic heterocycles. The minimum Gasteiger partial charge on any atom is -0.455 e. The molecule has 1 N–H and O–H groups in total. The summed E-state index contributed by atoms with van der Waals surface area (Å²) in [6, 6.07) is 14.2. The van der Waals surface area contributed by atoms with E-state index in [0.717, 1.165) is 40.9 Å². The topological polar surface area (TPSA) is 68.3 Å². The standard InChI is InChI=1S/C23H23FN2O3S/c24-17-8-2-1-7-16(17)14-25-20(27)15-29-22(28)23(11-5-6-12-23)13-21-26-18-9-3-4-10-19(18)30-21/h1-4,7-10H,5-6,11-15H2,(H,25,27). The van der Waals surface area contributed by atoms with Gasteiger partial charge in [0.2, 0.25) is 0 Å². The summed E-state index contributed by atoms with van der Waals surface area (Å²) in [5.41, 5.74) is 0.700. The third kappa shape index (κ3) is 4.51. The van der Waals surface area contributed by atoms with Crippen molar-refractivity contribution < 1.29 is 18.7 Å². The maximum atomic E-state index is 13.7. The van der Waals surface area contributed by atoms with Crippen molar-refractivity contribution in [1.82, 2.24) is 10.3 Å². The fraction of sp³-hybridized carbons (Fsp3) is 0.348. The molecule has 0 bridgehead atoms. The number of benzene rings is 2. The normalized spacial score (nSPS) is 15.2. The molecule has 0 spiro atoms. The second-order valence-electron chi connectivity index (χ2n) is 7.68. The van der Waals surface area contributed by atoms with E-state index in [1.165, 1.54) is 6.07 Å². The monoisotopic (exact) mass is 426 g/mol. The van der Waals surface area contributed by atoms with Crippen LogP contribution in [0.15, 0.2) is 48.5 Å². The fourth-order valence-corrected chi connectivity index (χ4v) is 5.07. The Morgan fingerprint density at radius 2 is 1.83 bits per heavy atom. The Morgan fingerprint density at radius 1 is 1.10 bits per heavy atom. The second-order valence-corrected chi connectivity index (χ2v) is 8.80. The summed E-state index contributed by atoms with van der Waals surface area (Å²) < 4.78 is 20.1. The molecule has 1 aliphatic rings. The van der Waals surface area contributed by atoms with Gasteiger partial charge in [-0.3, -0.25) is 9.59 Å². The number of carbonyl (C=O) groups excluding carboxylic acids is 2. The summed E-state index contributed by atoms with van der Waals surface area (Å²) in [4.78, 5) is 29.7. The molecule has 1 aromatic heterocycles. The molecule has 4 rings (SSSR count). The number of thiazole rings is 1. The lowest BCUT2D eigenvalue weighted by molar-refractivity contribution is -0.158. The van der Waals surface area contributed by atoms with E-state index in [2.05, 4.69) is 10.3 Å². The predicted octanol–water partition coefficient (Wildman–Crippen LogP) is 4.40. The van der Waals surface area contributed by atoms with Gasteiger partial charge in [-0.25, -0.2) is 9.37 Å². The summed E-state index contributed by atoms with van der Waals surface area (Å²) in [6.07, 6.45) is 3.91. The van der Waals surface area contributed by atoms with Crippen LogP contribution in [0.4, 0.5) is 4.39 Å². The van der Waals surface area contributed by atoms with Crippen molar-refractivity contribution in [3.8, 4) is 0 Å². The van der Waals surface area contributed by atoms with Crippen LogP contribution in [-0.2, 0) is 27.3 Å². The van der Waals surface area contributed by atoms with Crippen molar-refractivity contribution in [3.05, 3.63) is 64.9 Å². The van der Waals surface area contributed by atoms with Gasteiger partial charge in [-0.05, 0) is 31.0 Å². The maximum Gasteiger partial charge on any atom is 0.313 e. The first kappa shape index (κ1) is 20.5. The van der Waals surface area contributed by atoms with Crippen LogP contribution in [0.1, 0.15) is 36.3 Å². The molecule has 7 heteroatoms. The van der Waals surface area contributed by atoms with E-state index in [-0.39, 0.29) is 24.9 Å². The van der Waals surface area contributed by atoms with Gasteiger partial charge in [0.05, 0.1) is 20.6 Å². The smallest absolute Gasteiger partial charge is 0.313 e. The molecule has 2 aromatic carbocycles. The Morgan fingerprint density at radius 3 is 2.60 bits per heavy atom. The molecule has 1 heterocycles. The molecular weight excluding hydrogens is 403 g/mol. The molecule has 1 saturated carbocycles. The van der Waals surface area contributed by atoms with Crippen molar-refractivity contribution in [2.24, 2.45) is 5.41 Å². The van der Waals surface area contributed by atoms with Crippen LogP contribution >= 0.6 is 11.3 Å². The van der Waals surface area contributed by atoms with Gasteiger partial charge in [-0.1, -0.05) is 43.2 Å². The molecule has 156 valence electrons. The van der Waals surface area contributed by atoms with E-state index in [4.69, 9.17) is 4.74 Å². The first-order chi connectivity index (χ1) is 14.6. The average molecular weight is 427 g/mol. The molecule has 0 radical (unpaired) electrons. The molecule has 5 nitrogen and oxygen atoms in total. The van der Waals surface area contributed by atoms with E-state index >= 15 is 0 Å². The first-order valence-corrected chi connectivity index (χ1v) is 10.9. The Kier molecular flexibility index (Phi) is 6.08. The van der Waals surface area contributed by atoms with Crippen LogP contribution < -0.4 is 5.32 Å². The Bertz CT molecular complexity index is 1030. The Labute approximate surface area is 178 Å². The second kappa shape index (κ2) is 8.92. The number of halogens is 1. The summed E-state index contributed by atoms with van der Waals surface area (Å²) >= 11 is 1.60. The van der Waals surface area contributed by atoms with E-state index < -0.39 is 11.3 Å². The predicted molar refractivity (Wildman–Crippen MR) is 113 cm³/mol. The SMILES string of the molecule is O=C(COC(=O)C1(Cc2nc3ccccc3s2)CCCC1)NCc1ccccc1F. The molecule has 0 unspecified atom stereocenters. The lowest BCUT2D eigenvalue weighted by Gasteiger charge is -2.25. The number of nitrogens with one attached hydrogen (secondary N) is 1. The van der Waals surface area contributed by atoms with Gasteiger partial charge in [-0.2, -0.15) is 0 Å². The van der Waals surface area contributed by atoms with Crippen molar-refractivity contribution in [2.75, 3.05) is 6.61 Å². The minimum atomic E-state index is -0.625. The molecule has 1 amide bonds. The van der Waals surface area contributed by atoms with E-state index in [1.807, 2.05) is 24.3 Å². The number of para-hydroxylation sites is 1. The summed E-state index contributed by atoms with van der Waals surface area (Å²) in [6.45, 7) is -0.311. The number of rotatable bonds is 7. The van der Waals surface area contributed by atoms with E-state index in [0.29, 0.717) is 12.0 Å². The zero-order valence-electron chi connectivity index (χ0n) is 16.5. The number of hydrogen-bond donors (Lipinski definition) is 1. The summed E-state index contributed by atoms with van der Waals surface area (Å²) in [5.74, 6) is -1.17. The van der Waals surface area contributed by atoms with Crippen LogP contribution in [0.2, 0.25) is 0 Å². The highest BCUT2D eigenvalue weighted by Gasteiger charge is 2.43. The number of amides is 1.